The van der Waals surface area contributed by atoms with Crippen LogP contribution in [-0.4, -0.2) is 9.97 Å². The van der Waals surface area contributed by atoms with Crippen LogP contribution < -0.4 is 5.56 Å². The summed E-state index contributed by atoms with van der Waals surface area (Å²) in [7, 11) is 0. The summed E-state index contributed by atoms with van der Waals surface area (Å²) in [6, 6.07) is 5.96. The topological polar surface area (TPSA) is 45.8 Å². The fraction of sp³-hybridized carbons (Fsp3) is 0.333. The summed E-state index contributed by atoms with van der Waals surface area (Å²) in [4.78, 5) is 18.8. The highest BCUT2D eigenvalue weighted by Gasteiger charge is 2.08. The Kier molecular flexibility index (Phi) is 3.79. The molecule has 1 aromatic carbocycles. The largest absolute Gasteiger partial charge is 0.307 e. The zero-order valence-corrected chi connectivity index (χ0v) is 11.3. The monoisotopic (exact) mass is 260 g/mol. The standard InChI is InChI=1S/C15H17FN2O/c1-9(2)6-12-8-14(19)18-15(17-12)13-5-4-11(16)7-10(13)3/h4-5,7-9H,6H2,1-3H3,(H,17,18,19). The average molecular weight is 260 g/mol. The van der Waals surface area contributed by atoms with Gasteiger partial charge >= 0.3 is 0 Å². The van der Waals surface area contributed by atoms with E-state index >= 15 is 0 Å². The molecule has 0 fully saturated rings. The van der Waals surface area contributed by atoms with Crippen LogP contribution in [0.4, 0.5) is 4.39 Å². The molecule has 0 atom stereocenters. The van der Waals surface area contributed by atoms with Crippen molar-refractivity contribution in [2.75, 3.05) is 0 Å². The lowest BCUT2D eigenvalue weighted by Crippen LogP contribution is -2.12. The van der Waals surface area contributed by atoms with Crippen molar-refractivity contribution in [2.24, 2.45) is 5.92 Å². The fourth-order valence-electron chi connectivity index (χ4n) is 2.05. The summed E-state index contributed by atoms with van der Waals surface area (Å²) in [5, 5.41) is 0. The number of aryl methyl sites for hydroxylation is 1. The molecule has 0 amide bonds. The van der Waals surface area contributed by atoms with Gasteiger partial charge in [-0.15, -0.1) is 0 Å². The number of hydrogen-bond donors (Lipinski definition) is 1. The molecule has 2 rings (SSSR count). The Labute approximate surface area is 111 Å². The van der Waals surface area contributed by atoms with Crippen LogP contribution in [0.5, 0.6) is 0 Å². The van der Waals surface area contributed by atoms with Crippen molar-refractivity contribution in [1.29, 1.82) is 0 Å². The van der Waals surface area contributed by atoms with E-state index in [1.165, 1.54) is 18.2 Å². The number of hydrogen-bond acceptors (Lipinski definition) is 2. The lowest BCUT2D eigenvalue weighted by atomic mass is 10.1. The van der Waals surface area contributed by atoms with Crippen LogP contribution in [0.2, 0.25) is 0 Å². The number of halogens is 1. The Bertz CT molecular complexity index is 647. The molecule has 100 valence electrons. The van der Waals surface area contributed by atoms with Gasteiger partial charge in [0.05, 0.1) is 0 Å². The Hall–Kier alpha value is -1.97. The average Bonchev–Trinajstić information content (AvgIpc) is 2.26. The van der Waals surface area contributed by atoms with Crippen LogP contribution in [0.25, 0.3) is 11.4 Å². The van der Waals surface area contributed by atoms with E-state index in [4.69, 9.17) is 0 Å². The molecule has 4 heteroatoms. The Morgan fingerprint density at radius 2 is 2.05 bits per heavy atom. The van der Waals surface area contributed by atoms with Crippen molar-refractivity contribution in [3.63, 3.8) is 0 Å². The van der Waals surface area contributed by atoms with Crippen LogP contribution in [0.3, 0.4) is 0 Å². The van der Waals surface area contributed by atoms with E-state index < -0.39 is 0 Å². The van der Waals surface area contributed by atoms with E-state index in [-0.39, 0.29) is 11.4 Å². The number of H-pyrrole nitrogens is 1. The molecule has 0 unspecified atom stereocenters. The Balaban J connectivity index is 2.50. The maximum Gasteiger partial charge on any atom is 0.251 e. The second-order valence-corrected chi connectivity index (χ2v) is 5.14. The quantitative estimate of drug-likeness (QED) is 0.921. The summed E-state index contributed by atoms with van der Waals surface area (Å²) in [6.45, 7) is 5.95. The number of nitrogens with one attached hydrogen (secondary N) is 1. The van der Waals surface area contributed by atoms with Crippen LogP contribution in [-0.2, 0) is 6.42 Å². The Morgan fingerprint density at radius 3 is 2.68 bits per heavy atom. The summed E-state index contributed by atoms with van der Waals surface area (Å²) in [5.74, 6) is 0.638. The highest BCUT2D eigenvalue weighted by Crippen LogP contribution is 2.20. The van der Waals surface area contributed by atoms with Gasteiger partial charge in [0.1, 0.15) is 11.6 Å². The minimum atomic E-state index is -0.290. The molecule has 1 N–H and O–H groups in total. The highest BCUT2D eigenvalue weighted by molar-refractivity contribution is 5.59. The number of benzene rings is 1. The van der Waals surface area contributed by atoms with Gasteiger partial charge in [-0.3, -0.25) is 4.79 Å². The smallest absolute Gasteiger partial charge is 0.251 e. The molecule has 0 aliphatic rings. The maximum atomic E-state index is 13.1. The van der Waals surface area contributed by atoms with E-state index in [9.17, 15) is 9.18 Å². The zero-order valence-electron chi connectivity index (χ0n) is 11.3. The van der Waals surface area contributed by atoms with Crippen LogP contribution in [0, 0.1) is 18.7 Å². The van der Waals surface area contributed by atoms with Gasteiger partial charge in [0, 0.05) is 17.3 Å². The van der Waals surface area contributed by atoms with Gasteiger partial charge in [-0.2, -0.15) is 0 Å². The first kappa shape index (κ1) is 13.5. The molecule has 0 aliphatic heterocycles. The molecule has 0 aliphatic carbocycles. The number of nitrogens with zero attached hydrogens (tertiary/aromatic N) is 1. The second kappa shape index (κ2) is 5.34. The van der Waals surface area contributed by atoms with Gasteiger partial charge in [-0.05, 0) is 43.0 Å². The molecular formula is C15H17FN2O. The number of aromatic nitrogens is 2. The van der Waals surface area contributed by atoms with Crippen LogP contribution in [0.15, 0.2) is 29.1 Å². The predicted octanol–water partition coefficient (Wildman–Crippen LogP) is 3.08. The highest BCUT2D eigenvalue weighted by atomic mass is 19.1. The van der Waals surface area contributed by atoms with Gasteiger partial charge in [0.15, 0.2) is 0 Å². The van der Waals surface area contributed by atoms with Crippen molar-refractivity contribution >= 4 is 0 Å². The predicted molar refractivity (Wildman–Crippen MR) is 73.5 cm³/mol. The molecule has 0 saturated carbocycles. The number of aromatic amines is 1. The zero-order chi connectivity index (χ0) is 14.0. The summed E-state index contributed by atoms with van der Waals surface area (Å²) < 4.78 is 13.1. The summed E-state index contributed by atoms with van der Waals surface area (Å²) in [5.41, 5.74) is 2.09. The Morgan fingerprint density at radius 1 is 1.32 bits per heavy atom. The van der Waals surface area contributed by atoms with E-state index in [0.717, 1.165) is 23.2 Å². The molecule has 0 spiro atoms. The molecule has 0 saturated heterocycles. The summed E-state index contributed by atoms with van der Waals surface area (Å²) >= 11 is 0. The van der Waals surface area contributed by atoms with Gasteiger partial charge in [-0.1, -0.05) is 13.8 Å². The minimum absolute atomic E-state index is 0.177. The third kappa shape index (κ3) is 3.28. The van der Waals surface area contributed by atoms with E-state index in [1.807, 2.05) is 0 Å². The molecule has 1 heterocycles. The molecule has 3 nitrogen and oxygen atoms in total. The lowest BCUT2D eigenvalue weighted by molar-refractivity contribution is 0.626. The van der Waals surface area contributed by atoms with Crippen LogP contribution in [0.1, 0.15) is 25.1 Å². The van der Waals surface area contributed by atoms with E-state index in [0.29, 0.717) is 11.7 Å². The van der Waals surface area contributed by atoms with E-state index in [2.05, 4.69) is 23.8 Å². The first-order chi connectivity index (χ1) is 8.95. The molecule has 19 heavy (non-hydrogen) atoms. The second-order valence-electron chi connectivity index (χ2n) is 5.14. The van der Waals surface area contributed by atoms with Crippen molar-refractivity contribution < 1.29 is 4.39 Å². The molecule has 0 bridgehead atoms. The first-order valence-corrected chi connectivity index (χ1v) is 6.32. The first-order valence-electron chi connectivity index (χ1n) is 6.32. The normalized spacial score (nSPS) is 11.0. The van der Waals surface area contributed by atoms with Crippen molar-refractivity contribution in [3.8, 4) is 11.4 Å². The van der Waals surface area contributed by atoms with Crippen molar-refractivity contribution in [2.45, 2.75) is 27.2 Å². The van der Waals surface area contributed by atoms with Gasteiger partial charge in [0.2, 0.25) is 0 Å². The maximum absolute atomic E-state index is 13.1. The number of rotatable bonds is 3. The van der Waals surface area contributed by atoms with Crippen LogP contribution >= 0.6 is 0 Å². The molecule has 1 aromatic heterocycles. The summed E-state index contributed by atoms with van der Waals surface area (Å²) in [6.07, 6.45) is 0.747. The van der Waals surface area contributed by atoms with Crippen molar-refractivity contribution in [1.82, 2.24) is 9.97 Å². The third-order valence-corrected chi connectivity index (χ3v) is 2.86. The lowest BCUT2D eigenvalue weighted by Gasteiger charge is -2.08. The van der Waals surface area contributed by atoms with Gasteiger partial charge in [-0.25, -0.2) is 9.37 Å². The van der Waals surface area contributed by atoms with Gasteiger partial charge < -0.3 is 4.98 Å². The van der Waals surface area contributed by atoms with Crippen molar-refractivity contribution in [3.05, 3.63) is 51.7 Å². The SMILES string of the molecule is Cc1cc(F)ccc1-c1nc(CC(C)C)cc(=O)[nH]1. The molecule has 2 aromatic rings. The fourth-order valence-corrected chi connectivity index (χ4v) is 2.05. The van der Waals surface area contributed by atoms with Gasteiger partial charge in [0.25, 0.3) is 5.56 Å². The molecule has 0 radical (unpaired) electrons. The third-order valence-electron chi connectivity index (χ3n) is 2.86. The molecular weight excluding hydrogens is 243 g/mol. The minimum Gasteiger partial charge on any atom is -0.307 e. The van der Waals surface area contributed by atoms with E-state index in [1.54, 1.807) is 13.0 Å².